The maximum Gasteiger partial charge on any atom is 0.242 e. The lowest BCUT2D eigenvalue weighted by Crippen LogP contribution is -2.54. The van der Waals surface area contributed by atoms with Crippen molar-refractivity contribution in [1.29, 1.82) is 0 Å². The third-order valence-electron chi connectivity index (χ3n) is 10.5. The van der Waals surface area contributed by atoms with Crippen LogP contribution in [-0.4, -0.2) is 61.8 Å². The Morgan fingerprint density at radius 2 is 1.21 bits per heavy atom. The van der Waals surface area contributed by atoms with E-state index < -0.39 is 24.1 Å². The van der Waals surface area contributed by atoms with Gasteiger partial charge < -0.3 is 30.5 Å². The highest BCUT2D eigenvalue weighted by atomic mass is 16.5. The molecule has 0 saturated heterocycles. The summed E-state index contributed by atoms with van der Waals surface area (Å²) in [6, 6.07) is 32.8. The van der Waals surface area contributed by atoms with Crippen LogP contribution in [0.15, 0.2) is 103 Å². The van der Waals surface area contributed by atoms with Gasteiger partial charge in [-0.1, -0.05) is 119 Å². The highest BCUT2D eigenvalue weighted by Gasteiger charge is 2.31. The Morgan fingerprint density at radius 3 is 1.77 bits per heavy atom. The number of carbonyl (C=O) groups is 3. The zero-order chi connectivity index (χ0) is 40.9. The monoisotopic (exact) mass is 773 g/mol. The number of carbonyl (C=O) groups excluding carboxylic acids is 3. The quantitative estimate of drug-likeness (QED) is 0.0647. The van der Waals surface area contributed by atoms with Crippen LogP contribution >= 0.6 is 0 Å². The molecule has 5 aromatic carbocycles. The summed E-state index contributed by atoms with van der Waals surface area (Å²) in [4.78, 5) is 41.7. The Labute approximate surface area is 337 Å². The van der Waals surface area contributed by atoms with Crippen LogP contribution < -0.4 is 25.4 Å². The average molecular weight is 774 g/mol. The molecular weight excluding hydrogens is 715 g/mol. The van der Waals surface area contributed by atoms with Gasteiger partial charge in [-0.3, -0.25) is 14.4 Å². The summed E-state index contributed by atoms with van der Waals surface area (Å²) in [7, 11) is 3.16. The first-order valence-electron chi connectivity index (χ1n) is 20.1. The van der Waals surface area contributed by atoms with E-state index in [4.69, 9.17) is 9.47 Å². The van der Waals surface area contributed by atoms with Gasteiger partial charge in [0.25, 0.3) is 0 Å². The van der Waals surface area contributed by atoms with Crippen LogP contribution in [0.4, 0.5) is 0 Å². The van der Waals surface area contributed by atoms with Gasteiger partial charge in [0.05, 0.1) is 32.8 Å². The van der Waals surface area contributed by atoms with Gasteiger partial charge in [0.1, 0.15) is 6.04 Å². The second kappa shape index (κ2) is 20.7. The Hall–Kier alpha value is -5.41. The number of aliphatic hydroxyl groups is 1. The van der Waals surface area contributed by atoms with Crippen LogP contribution in [0.25, 0.3) is 21.5 Å². The molecule has 5 aromatic rings. The highest BCUT2D eigenvalue weighted by molar-refractivity contribution is 5.91. The van der Waals surface area contributed by atoms with Crippen molar-refractivity contribution >= 4 is 39.3 Å². The van der Waals surface area contributed by atoms with Crippen LogP contribution in [0.2, 0.25) is 0 Å². The smallest absolute Gasteiger partial charge is 0.242 e. The Bertz CT molecular complexity index is 2020. The molecule has 0 radical (unpaired) electrons. The van der Waals surface area contributed by atoms with E-state index in [-0.39, 0.29) is 36.0 Å². The lowest BCUT2D eigenvalue weighted by atomic mass is 9.87. The highest BCUT2D eigenvalue weighted by Crippen LogP contribution is 2.29. The van der Waals surface area contributed by atoms with Crippen molar-refractivity contribution in [3.8, 4) is 11.5 Å². The van der Waals surface area contributed by atoms with E-state index in [2.05, 4.69) is 64.5 Å². The lowest BCUT2D eigenvalue weighted by molar-refractivity contribution is -0.132. The summed E-state index contributed by atoms with van der Waals surface area (Å²) in [6.45, 7) is 8.41. The molecule has 0 saturated carbocycles. The fourth-order valence-electron chi connectivity index (χ4n) is 7.61. The van der Waals surface area contributed by atoms with Gasteiger partial charge in [0.2, 0.25) is 17.7 Å². The van der Waals surface area contributed by atoms with Crippen LogP contribution in [0.1, 0.15) is 63.6 Å². The van der Waals surface area contributed by atoms with Gasteiger partial charge in [-0.05, 0) is 94.3 Å². The molecule has 0 heterocycles. The zero-order valence-corrected chi connectivity index (χ0v) is 34.2. The predicted octanol–water partition coefficient (Wildman–Crippen LogP) is 7.58. The van der Waals surface area contributed by atoms with E-state index in [1.807, 2.05) is 82.3 Å². The Balaban J connectivity index is 1.30. The second-order valence-corrected chi connectivity index (χ2v) is 15.9. The molecule has 0 aliphatic carbocycles. The van der Waals surface area contributed by atoms with Gasteiger partial charge in [-0.25, -0.2) is 0 Å². The first-order valence-corrected chi connectivity index (χ1v) is 20.1. The number of hydrogen-bond donors (Lipinski definition) is 4. The van der Waals surface area contributed by atoms with Crippen molar-refractivity contribution in [2.24, 2.45) is 17.8 Å². The van der Waals surface area contributed by atoms with Crippen molar-refractivity contribution < 1.29 is 29.0 Å². The van der Waals surface area contributed by atoms with E-state index in [1.54, 1.807) is 14.2 Å². The van der Waals surface area contributed by atoms with E-state index in [0.717, 1.165) is 38.2 Å². The second-order valence-electron chi connectivity index (χ2n) is 15.9. The molecule has 3 atom stereocenters. The number of fused-ring (bicyclic) bond motifs is 2. The third-order valence-corrected chi connectivity index (χ3v) is 10.5. The van der Waals surface area contributed by atoms with Gasteiger partial charge in [0, 0.05) is 12.5 Å². The first kappa shape index (κ1) is 42.7. The summed E-state index contributed by atoms with van der Waals surface area (Å²) >= 11 is 0. The van der Waals surface area contributed by atoms with Crippen molar-refractivity contribution in [3.05, 3.63) is 120 Å². The number of methoxy groups -OCH3 is 2. The average Bonchev–Trinajstić information content (AvgIpc) is 3.19. The Morgan fingerprint density at radius 1 is 0.649 bits per heavy atom. The fourth-order valence-corrected chi connectivity index (χ4v) is 7.61. The normalized spacial score (nSPS) is 13.1. The topological polar surface area (TPSA) is 126 Å². The molecular formula is C48H59N3O6. The third kappa shape index (κ3) is 12.0. The van der Waals surface area contributed by atoms with Crippen molar-refractivity contribution in [1.82, 2.24) is 16.0 Å². The predicted molar refractivity (Wildman–Crippen MR) is 228 cm³/mol. The fraction of sp³-hybridized carbons (Fsp3) is 0.396. The molecule has 3 amide bonds. The van der Waals surface area contributed by atoms with Crippen molar-refractivity contribution in [3.63, 3.8) is 0 Å². The van der Waals surface area contributed by atoms with Crippen molar-refractivity contribution in [2.45, 2.75) is 84.4 Å². The molecule has 302 valence electrons. The minimum Gasteiger partial charge on any atom is -0.493 e. The number of benzene rings is 5. The number of hydrogen-bond acceptors (Lipinski definition) is 6. The summed E-state index contributed by atoms with van der Waals surface area (Å²) in [5.74, 6) is 0.106. The van der Waals surface area contributed by atoms with Crippen molar-refractivity contribution in [2.75, 3.05) is 20.8 Å². The summed E-state index contributed by atoms with van der Waals surface area (Å²) < 4.78 is 10.7. The van der Waals surface area contributed by atoms with Crippen LogP contribution in [-0.2, 0) is 33.6 Å². The molecule has 9 nitrogen and oxygen atoms in total. The standard InChI is InChI=1S/C48H59N3O6/c1-31(2)25-41(43(52)30-46(53)49-24-23-33-21-22-44(56-5)45(27-33)57-6)50-48(55)42(26-32(3)4)51-47(54)38(28-36-17-11-15-34-13-7-9-19-39(34)36)29-37-18-12-16-35-14-8-10-20-40(35)37/h7-22,27,31-32,38,41-43,52H,23-26,28-30H2,1-6H3,(H,49,53)(H,50,55)(H,51,54)/t41?,42-,43?/m0/s1. The lowest BCUT2D eigenvalue weighted by Gasteiger charge is -2.29. The molecule has 0 aliphatic rings. The maximum atomic E-state index is 14.5. The molecule has 2 unspecified atom stereocenters. The molecule has 0 fully saturated rings. The summed E-state index contributed by atoms with van der Waals surface area (Å²) in [5.41, 5.74) is 3.11. The molecule has 0 aliphatic heterocycles. The van der Waals surface area contributed by atoms with Gasteiger partial charge in [0.15, 0.2) is 11.5 Å². The molecule has 57 heavy (non-hydrogen) atoms. The molecule has 9 heteroatoms. The van der Waals surface area contributed by atoms with E-state index >= 15 is 0 Å². The number of rotatable bonds is 20. The molecule has 5 rings (SSSR count). The SMILES string of the molecule is COc1ccc(CCNC(=O)CC(O)C(CC(C)C)NC(=O)[C@H](CC(C)C)NC(=O)C(Cc2cccc3ccccc23)Cc2cccc3ccccc23)cc1OC. The van der Waals surface area contributed by atoms with Crippen LogP contribution in [0.5, 0.6) is 11.5 Å². The number of nitrogens with one attached hydrogen (secondary N) is 3. The molecule has 0 aromatic heterocycles. The molecule has 0 spiro atoms. The maximum absolute atomic E-state index is 14.5. The minimum atomic E-state index is -1.13. The minimum absolute atomic E-state index is 0.0977. The summed E-state index contributed by atoms with van der Waals surface area (Å²) in [6.07, 6.45) is 1.10. The van der Waals surface area contributed by atoms with E-state index in [1.165, 1.54) is 0 Å². The Kier molecular flexibility index (Phi) is 15.5. The van der Waals surface area contributed by atoms with E-state index in [9.17, 15) is 19.5 Å². The number of aliphatic hydroxyl groups excluding tert-OH is 1. The van der Waals surface area contributed by atoms with Crippen LogP contribution in [0.3, 0.4) is 0 Å². The molecule has 4 N–H and O–H groups in total. The van der Waals surface area contributed by atoms with Gasteiger partial charge >= 0.3 is 0 Å². The number of ether oxygens (including phenoxy) is 2. The van der Waals surface area contributed by atoms with Crippen LogP contribution in [0, 0.1) is 17.8 Å². The van der Waals surface area contributed by atoms with E-state index in [0.29, 0.717) is 50.1 Å². The zero-order valence-electron chi connectivity index (χ0n) is 34.2. The van der Waals surface area contributed by atoms with Gasteiger partial charge in [-0.2, -0.15) is 0 Å². The van der Waals surface area contributed by atoms with Gasteiger partial charge in [-0.15, -0.1) is 0 Å². The first-order chi connectivity index (χ1) is 27.4. The summed E-state index contributed by atoms with van der Waals surface area (Å²) in [5, 5.41) is 24.9. The number of amides is 3. The largest absolute Gasteiger partial charge is 0.493 e. The molecule has 0 bridgehead atoms.